The highest BCUT2D eigenvalue weighted by Gasteiger charge is 2.11. The summed E-state index contributed by atoms with van der Waals surface area (Å²) in [4.78, 5) is 5.33. The summed E-state index contributed by atoms with van der Waals surface area (Å²) in [5.74, 6) is 0.863. The van der Waals surface area contributed by atoms with Crippen LogP contribution < -0.4 is 0 Å². The lowest BCUT2D eigenvalue weighted by molar-refractivity contribution is 0.410. The van der Waals surface area contributed by atoms with E-state index in [4.69, 9.17) is 16.1 Å². The molecule has 0 N–H and O–H groups in total. The average Bonchev–Trinajstić information content (AvgIpc) is 3.10. The molecule has 0 unspecified atom stereocenters. The Balaban J connectivity index is 1.90. The van der Waals surface area contributed by atoms with E-state index in [1.807, 2.05) is 53.9 Å². The second-order valence-electron chi connectivity index (χ2n) is 3.80. The first-order valence-corrected chi connectivity index (χ1v) is 6.89. The first-order valence-electron chi connectivity index (χ1n) is 5.63. The predicted molar refractivity (Wildman–Crippen MR) is 77.8 cm³/mol. The zero-order valence-corrected chi connectivity index (χ0v) is 11.4. The molecule has 2 aromatic heterocycles. The van der Waals surface area contributed by atoms with Crippen molar-refractivity contribution in [2.45, 2.75) is 0 Å². The lowest BCUT2D eigenvalue weighted by Crippen LogP contribution is -1.80. The smallest absolute Gasteiger partial charge is 0.269 e. The van der Waals surface area contributed by atoms with Crippen LogP contribution in [0.15, 0.2) is 52.4 Å². The van der Waals surface area contributed by atoms with Crippen LogP contribution in [0.5, 0.6) is 0 Å². The van der Waals surface area contributed by atoms with E-state index in [1.165, 1.54) is 0 Å². The molecule has 94 valence electrons. The van der Waals surface area contributed by atoms with Gasteiger partial charge in [-0.3, -0.25) is 0 Å². The summed E-state index contributed by atoms with van der Waals surface area (Å²) in [6.07, 6.45) is 1.81. The lowest BCUT2D eigenvalue weighted by atomic mass is 10.2. The summed E-state index contributed by atoms with van der Waals surface area (Å²) in [5.41, 5.74) is 0.901. The van der Waals surface area contributed by atoms with Crippen molar-refractivity contribution in [3.63, 3.8) is 0 Å². The van der Waals surface area contributed by atoms with E-state index in [-0.39, 0.29) is 0 Å². The van der Waals surface area contributed by atoms with Gasteiger partial charge in [0.05, 0.1) is 0 Å². The summed E-state index contributed by atoms with van der Waals surface area (Å²) >= 11 is 7.77. The van der Waals surface area contributed by atoms with Crippen LogP contribution in [0.1, 0.15) is 10.8 Å². The maximum absolute atomic E-state index is 6.17. The molecule has 0 amide bonds. The summed E-state index contributed by atoms with van der Waals surface area (Å²) in [6, 6.07) is 13.6. The van der Waals surface area contributed by atoms with E-state index in [0.717, 1.165) is 10.4 Å². The highest BCUT2D eigenvalue weighted by molar-refractivity contribution is 7.11. The Kier molecular flexibility index (Phi) is 3.44. The fourth-order valence-electron chi connectivity index (χ4n) is 1.58. The van der Waals surface area contributed by atoms with Gasteiger partial charge in [0.15, 0.2) is 0 Å². The van der Waals surface area contributed by atoms with Crippen LogP contribution in [0.3, 0.4) is 0 Å². The molecule has 2 heterocycles. The van der Waals surface area contributed by atoms with Gasteiger partial charge >= 0.3 is 0 Å². The Morgan fingerprint density at radius 1 is 1.16 bits per heavy atom. The maximum Gasteiger partial charge on any atom is 0.269 e. The Labute approximate surface area is 119 Å². The summed E-state index contributed by atoms with van der Waals surface area (Å²) < 4.78 is 5.17. The van der Waals surface area contributed by atoms with Crippen molar-refractivity contribution in [3.05, 3.63) is 58.6 Å². The van der Waals surface area contributed by atoms with Crippen LogP contribution in [0.25, 0.3) is 22.5 Å². The first-order chi connectivity index (χ1) is 9.33. The third-order valence-electron chi connectivity index (χ3n) is 2.47. The summed E-state index contributed by atoms with van der Waals surface area (Å²) in [6.45, 7) is 0. The maximum atomic E-state index is 6.17. The van der Waals surface area contributed by atoms with Gasteiger partial charge in [-0.15, -0.1) is 11.3 Å². The van der Waals surface area contributed by atoms with Gasteiger partial charge < -0.3 is 4.52 Å². The molecular weight excluding hydrogens is 280 g/mol. The van der Waals surface area contributed by atoms with E-state index in [1.54, 1.807) is 11.3 Å². The van der Waals surface area contributed by atoms with E-state index in [2.05, 4.69) is 10.1 Å². The number of aromatic nitrogens is 2. The van der Waals surface area contributed by atoms with Gasteiger partial charge in [-0.2, -0.15) is 4.98 Å². The van der Waals surface area contributed by atoms with E-state index < -0.39 is 0 Å². The molecule has 0 bridgehead atoms. The molecule has 1 aromatic carbocycles. The average molecular weight is 289 g/mol. The number of nitrogens with zero attached hydrogens (tertiary/aromatic N) is 2. The molecule has 0 radical (unpaired) electrons. The molecule has 0 spiro atoms. The molecule has 0 saturated heterocycles. The van der Waals surface area contributed by atoms with Gasteiger partial charge in [0.1, 0.15) is 5.03 Å². The van der Waals surface area contributed by atoms with Crippen molar-refractivity contribution < 1.29 is 4.52 Å². The lowest BCUT2D eigenvalue weighted by Gasteiger charge is -1.91. The molecular formula is C14H9ClN2OS. The molecule has 3 aromatic rings. The fourth-order valence-corrected chi connectivity index (χ4v) is 2.50. The minimum Gasteiger partial charge on any atom is -0.333 e. The quantitative estimate of drug-likeness (QED) is 0.710. The molecule has 0 aliphatic carbocycles. The summed E-state index contributed by atoms with van der Waals surface area (Å²) in [5, 5.41) is 6.36. The molecule has 0 atom stereocenters. The van der Waals surface area contributed by atoms with Crippen molar-refractivity contribution in [2.75, 3.05) is 0 Å². The fraction of sp³-hybridized carbons (Fsp3) is 0. The van der Waals surface area contributed by atoms with Gasteiger partial charge in [-0.05, 0) is 17.5 Å². The number of halogens is 1. The molecule has 5 heteroatoms. The number of thiophene rings is 1. The van der Waals surface area contributed by atoms with Crippen LogP contribution in [-0.2, 0) is 0 Å². The molecule has 19 heavy (non-hydrogen) atoms. The molecule has 0 aliphatic rings. The highest BCUT2D eigenvalue weighted by Crippen LogP contribution is 2.25. The standard InChI is InChI=1S/C14H9ClN2OS/c15-12(9-11-7-4-8-19-11)14-16-13(17-18-14)10-5-2-1-3-6-10/h1-9H/b12-9-. The SMILES string of the molecule is Cl/C(=C\c1cccs1)c1nc(-c2ccccc2)no1. The predicted octanol–water partition coefficient (Wildman–Crippen LogP) is 4.54. The topological polar surface area (TPSA) is 38.9 Å². The third-order valence-corrected chi connectivity index (χ3v) is 3.56. The summed E-state index contributed by atoms with van der Waals surface area (Å²) in [7, 11) is 0. The number of rotatable bonds is 3. The van der Waals surface area contributed by atoms with Gasteiger partial charge in [-0.1, -0.05) is 53.2 Å². The molecule has 0 saturated carbocycles. The number of benzene rings is 1. The molecule has 0 aliphatic heterocycles. The van der Waals surface area contributed by atoms with Crippen molar-refractivity contribution in [3.8, 4) is 11.4 Å². The van der Waals surface area contributed by atoms with E-state index >= 15 is 0 Å². The second-order valence-corrected chi connectivity index (χ2v) is 5.18. The largest absolute Gasteiger partial charge is 0.333 e. The van der Waals surface area contributed by atoms with Crippen LogP contribution in [0.4, 0.5) is 0 Å². The van der Waals surface area contributed by atoms with Crippen LogP contribution in [-0.4, -0.2) is 10.1 Å². The molecule has 3 nitrogen and oxygen atoms in total. The zero-order chi connectivity index (χ0) is 13.1. The number of hydrogen-bond acceptors (Lipinski definition) is 4. The minimum atomic E-state index is 0.328. The van der Waals surface area contributed by atoms with E-state index in [0.29, 0.717) is 16.7 Å². The van der Waals surface area contributed by atoms with Crippen molar-refractivity contribution in [1.82, 2.24) is 10.1 Å². The second kappa shape index (κ2) is 5.38. The van der Waals surface area contributed by atoms with Crippen molar-refractivity contribution in [1.29, 1.82) is 0 Å². The third kappa shape index (κ3) is 2.75. The molecule has 0 fully saturated rings. The Morgan fingerprint density at radius 2 is 2.00 bits per heavy atom. The number of hydrogen-bond donors (Lipinski definition) is 0. The van der Waals surface area contributed by atoms with Crippen LogP contribution >= 0.6 is 22.9 Å². The Hall–Kier alpha value is -1.91. The van der Waals surface area contributed by atoms with Gasteiger partial charge in [0.2, 0.25) is 5.82 Å². The Morgan fingerprint density at radius 3 is 2.74 bits per heavy atom. The van der Waals surface area contributed by atoms with Crippen molar-refractivity contribution in [2.24, 2.45) is 0 Å². The Bertz CT molecular complexity index is 689. The van der Waals surface area contributed by atoms with Gasteiger partial charge in [0, 0.05) is 10.4 Å². The molecule has 3 rings (SSSR count). The van der Waals surface area contributed by atoms with Crippen LogP contribution in [0.2, 0.25) is 0 Å². The van der Waals surface area contributed by atoms with Crippen molar-refractivity contribution >= 4 is 34.0 Å². The normalized spacial score (nSPS) is 11.7. The van der Waals surface area contributed by atoms with Gasteiger partial charge in [-0.25, -0.2) is 0 Å². The zero-order valence-electron chi connectivity index (χ0n) is 9.79. The van der Waals surface area contributed by atoms with Gasteiger partial charge in [0.25, 0.3) is 5.89 Å². The first kappa shape index (κ1) is 12.1. The van der Waals surface area contributed by atoms with Crippen LogP contribution in [0, 0.1) is 0 Å². The minimum absolute atomic E-state index is 0.328. The monoisotopic (exact) mass is 288 g/mol. The van der Waals surface area contributed by atoms with E-state index in [9.17, 15) is 0 Å². The highest BCUT2D eigenvalue weighted by atomic mass is 35.5.